The van der Waals surface area contributed by atoms with Crippen LogP contribution in [0, 0.1) is 0 Å². The molecule has 0 bridgehead atoms. The van der Waals surface area contributed by atoms with Gasteiger partial charge in [-0.15, -0.1) is 0 Å². The van der Waals surface area contributed by atoms with E-state index in [1.807, 2.05) is 5.32 Å². The summed E-state index contributed by atoms with van der Waals surface area (Å²) in [6.45, 7) is 0.703. The quantitative estimate of drug-likeness (QED) is 0.466. The molecular formula is C15H22N4O6. The van der Waals surface area contributed by atoms with E-state index in [0.29, 0.717) is 12.8 Å². The van der Waals surface area contributed by atoms with Gasteiger partial charge in [0, 0.05) is 7.05 Å². The summed E-state index contributed by atoms with van der Waals surface area (Å²) in [6, 6.07) is -1.37. The molecule has 138 valence electrons. The van der Waals surface area contributed by atoms with E-state index >= 15 is 0 Å². The van der Waals surface area contributed by atoms with Crippen LogP contribution in [0.2, 0.25) is 0 Å². The van der Waals surface area contributed by atoms with Crippen LogP contribution in [0.1, 0.15) is 39.0 Å². The van der Waals surface area contributed by atoms with Crippen molar-refractivity contribution in [3.8, 4) is 0 Å². The van der Waals surface area contributed by atoms with E-state index in [0.717, 1.165) is 24.2 Å². The highest BCUT2D eigenvalue weighted by Crippen LogP contribution is 2.33. The first-order valence-corrected chi connectivity index (χ1v) is 8.15. The average Bonchev–Trinajstić information content (AvgIpc) is 2.79. The summed E-state index contributed by atoms with van der Waals surface area (Å²) < 4.78 is 4.89. The van der Waals surface area contributed by atoms with Gasteiger partial charge in [0.25, 0.3) is 11.8 Å². The molecule has 25 heavy (non-hydrogen) atoms. The SMILES string of the molecule is CNC(=O)NC(=O)C(C)OC(=O)CN1C(=O)NC2(CCCCC2)C1=O. The van der Waals surface area contributed by atoms with Crippen molar-refractivity contribution in [1.29, 1.82) is 0 Å². The Bertz CT molecular complexity index is 599. The van der Waals surface area contributed by atoms with Crippen LogP contribution in [0.3, 0.4) is 0 Å². The van der Waals surface area contributed by atoms with E-state index < -0.39 is 48.0 Å². The zero-order chi connectivity index (χ0) is 18.6. The standard InChI is InChI=1S/C15H22N4O6/c1-9(11(21)17-13(23)16-2)25-10(20)8-19-12(22)15(18-14(19)24)6-4-3-5-7-15/h9H,3-8H2,1-2H3,(H,18,24)(H2,16,17,21,23). The molecule has 1 atom stereocenters. The maximum absolute atomic E-state index is 12.5. The second-order valence-electron chi connectivity index (χ2n) is 6.16. The third-order valence-corrected chi connectivity index (χ3v) is 4.38. The second kappa shape index (κ2) is 7.49. The van der Waals surface area contributed by atoms with Gasteiger partial charge in [0.05, 0.1) is 0 Å². The van der Waals surface area contributed by atoms with Gasteiger partial charge in [0.15, 0.2) is 6.10 Å². The fraction of sp³-hybridized carbons (Fsp3) is 0.667. The third-order valence-electron chi connectivity index (χ3n) is 4.38. The summed E-state index contributed by atoms with van der Waals surface area (Å²) in [7, 11) is 1.33. The number of urea groups is 2. The maximum atomic E-state index is 12.5. The van der Waals surface area contributed by atoms with Crippen LogP contribution in [0.15, 0.2) is 0 Å². The molecule has 0 aromatic carbocycles. The summed E-state index contributed by atoms with van der Waals surface area (Å²) in [6.07, 6.45) is 2.53. The van der Waals surface area contributed by atoms with Gasteiger partial charge in [-0.25, -0.2) is 9.59 Å². The van der Waals surface area contributed by atoms with Gasteiger partial charge in [-0.2, -0.15) is 0 Å². The number of amides is 6. The Labute approximate surface area is 144 Å². The molecule has 1 heterocycles. The molecule has 0 aromatic rings. The van der Waals surface area contributed by atoms with E-state index in [1.54, 1.807) is 0 Å². The van der Waals surface area contributed by atoms with Crippen LogP contribution >= 0.6 is 0 Å². The molecule has 1 saturated carbocycles. The number of carbonyl (C=O) groups is 5. The van der Waals surface area contributed by atoms with Crippen molar-refractivity contribution in [2.24, 2.45) is 0 Å². The molecule has 1 unspecified atom stereocenters. The highest BCUT2D eigenvalue weighted by molar-refractivity contribution is 6.08. The molecule has 0 aromatic heterocycles. The molecule has 1 aliphatic heterocycles. The van der Waals surface area contributed by atoms with Crippen LogP contribution < -0.4 is 16.0 Å². The Kier molecular flexibility index (Phi) is 5.60. The van der Waals surface area contributed by atoms with Gasteiger partial charge < -0.3 is 15.4 Å². The van der Waals surface area contributed by atoms with Crippen molar-refractivity contribution in [3.05, 3.63) is 0 Å². The number of hydrogen-bond donors (Lipinski definition) is 3. The van der Waals surface area contributed by atoms with Crippen LogP contribution in [0.25, 0.3) is 0 Å². The molecule has 10 nitrogen and oxygen atoms in total. The van der Waals surface area contributed by atoms with E-state index in [2.05, 4.69) is 10.6 Å². The first-order valence-electron chi connectivity index (χ1n) is 8.15. The van der Waals surface area contributed by atoms with E-state index in [9.17, 15) is 24.0 Å². The van der Waals surface area contributed by atoms with E-state index in [1.165, 1.54) is 14.0 Å². The average molecular weight is 354 g/mol. The smallest absolute Gasteiger partial charge is 0.327 e. The highest BCUT2D eigenvalue weighted by Gasteiger charge is 2.51. The second-order valence-corrected chi connectivity index (χ2v) is 6.16. The van der Waals surface area contributed by atoms with Crippen molar-refractivity contribution >= 4 is 29.8 Å². The van der Waals surface area contributed by atoms with Gasteiger partial charge >= 0.3 is 18.0 Å². The van der Waals surface area contributed by atoms with Crippen LogP contribution in [-0.4, -0.2) is 60.0 Å². The topological polar surface area (TPSA) is 134 Å². The summed E-state index contributed by atoms with van der Waals surface area (Å²) in [5, 5.41) is 6.84. The Morgan fingerprint density at radius 1 is 1.24 bits per heavy atom. The fourth-order valence-corrected chi connectivity index (χ4v) is 3.01. The monoisotopic (exact) mass is 354 g/mol. The molecular weight excluding hydrogens is 332 g/mol. The van der Waals surface area contributed by atoms with Gasteiger partial charge in [0.2, 0.25) is 0 Å². The minimum absolute atomic E-state index is 0.434. The predicted molar refractivity (Wildman–Crippen MR) is 84.2 cm³/mol. The van der Waals surface area contributed by atoms with E-state index in [-0.39, 0.29) is 0 Å². The molecule has 2 aliphatic rings. The van der Waals surface area contributed by atoms with Crippen molar-refractivity contribution in [2.45, 2.75) is 50.7 Å². The lowest BCUT2D eigenvalue weighted by atomic mass is 9.82. The number of imide groups is 2. The Hall–Kier alpha value is -2.65. The summed E-state index contributed by atoms with van der Waals surface area (Å²) in [5.74, 6) is -2.15. The van der Waals surface area contributed by atoms with Crippen molar-refractivity contribution in [3.63, 3.8) is 0 Å². The summed E-state index contributed by atoms with van der Waals surface area (Å²) >= 11 is 0. The zero-order valence-electron chi connectivity index (χ0n) is 14.2. The lowest BCUT2D eigenvalue weighted by Gasteiger charge is -2.30. The zero-order valence-corrected chi connectivity index (χ0v) is 14.2. The molecule has 0 radical (unpaired) electrons. The summed E-state index contributed by atoms with van der Waals surface area (Å²) in [4.78, 5) is 60.1. The summed E-state index contributed by atoms with van der Waals surface area (Å²) in [5.41, 5.74) is -0.919. The van der Waals surface area contributed by atoms with Crippen molar-refractivity contribution in [1.82, 2.24) is 20.9 Å². The minimum Gasteiger partial charge on any atom is -0.451 e. The number of nitrogens with zero attached hydrogens (tertiary/aromatic N) is 1. The molecule has 3 N–H and O–H groups in total. The van der Waals surface area contributed by atoms with Crippen LogP contribution in [-0.2, 0) is 19.1 Å². The van der Waals surface area contributed by atoms with Crippen LogP contribution in [0.4, 0.5) is 9.59 Å². The largest absolute Gasteiger partial charge is 0.451 e. The van der Waals surface area contributed by atoms with Crippen molar-refractivity contribution < 1.29 is 28.7 Å². The number of nitrogens with one attached hydrogen (secondary N) is 3. The molecule has 10 heteroatoms. The lowest BCUT2D eigenvalue weighted by molar-refractivity contribution is -0.156. The third kappa shape index (κ3) is 4.06. The first kappa shape index (κ1) is 18.7. The lowest BCUT2D eigenvalue weighted by Crippen LogP contribution is -2.48. The van der Waals surface area contributed by atoms with Gasteiger partial charge in [-0.3, -0.25) is 24.6 Å². The number of ether oxygens (including phenoxy) is 1. The fourth-order valence-electron chi connectivity index (χ4n) is 3.01. The number of esters is 1. The molecule has 2 rings (SSSR count). The predicted octanol–water partition coefficient (Wildman–Crippen LogP) is -0.372. The minimum atomic E-state index is -1.24. The number of rotatable bonds is 4. The Morgan fingerprint density at radius 3 is 2.48 bits per heavy atom. The Morgan fingerprint density at radius 2 is 1.88 bits per heavy atom. The van der Waals surface area contributed by atoms with Crippen molar-refractivity contribution in [2.75, 3.05) is 13.6 Å². The normalized spacial score (nSPS) is 20.0. The molecule has 6 amide bonds. The molecule has 1 spiro atoms. The van der Waals surface area contributed by atoms with E-state index in [4.69, 9.17) is 4.74 Å². The number of hydrogen-bond acceptors (Lipinski definition) is 6. The van der Waals surface area contributed by atoms with Crippen LogP contribution in [0.5, 0.6) is 0 Å². The maximum Gasteiger partial charge on any atom is 0.327 e. The Balaban J connectivity index is 1.91. The highest BCUT2D eigenvalue weighted by atomic mass is 16.5. The van der Waals surface area contributed by atoms with Gasteiger partial charge in [-0.05, 0) is 19.8 Å². The van der Waals surface area contributed by atoms with Gasteiger partial charge in [0.1, 0.15) is 12.1 Å². The molecule has 2 fully saturated rings. The first-order chi connectivity index (χ1) is 11.8. The number of carbonyl (C=O) groups excluding carboxylic acids is 5. The molecule has 1 saturated heterocycles. The van der Waals surface area contributed by atoms with Gasteiger partial charge in [-0.1, -0.05) is 19.3 Å². The molecule has 1 aliphatic carbocycles.